The minimum Gasteiger partial charge on any atom is -0.474 e. The molecule has 96 valence electrons. The second-order valence-corrected chi connectivity index (χ2v) is 3.61. The molecule has 0 aliphatic rings. The fourth-order valence-electron chi connectivity index (χ4n) is 1.14. The summed E-state index contributed by atoms with van der Waals surface area (Å²) < 4.78 is 16.0. The molecule has 0 radical (unpaired) electrons. The van der Waals surface area contributed by atoms with E-state index in [1.807, 2.05) is 20.8 Å². The molecule has 0 aliphatic heterocycles. The fraction of sp³-hybridized carbons (Fsp3) is 0.636. The lowest BCUT2D eigenvalue weighted by molar-refractivity contribution is 0.108. The summed E-state index contributed by atoms with van der Waals surface area (Å²) in [6.07, 6.45) is 1.37. The Morgan fingerprint density at radius 2 is 1.94 bits per heavy atom. The Hall–Kier alpha value is -1.56. The molecule has 0 aliphatic carbocycles. The molecule has 17 heavy (non-hydrogen) atoms. The van der Waals surface area contributed by atoms with Crippen molar-refractivity contribution in [2.45, 2.75) is 26.9 Å². The van der Waals surface area contributed by atoms with Crippen molar-refractivity contribution in [1.82, 2.24) is 9.97 Å². The van der Waals surface area contributed by atoms with Crippen molar-refractivity contribution < 1.29 is 14.2 Å². The number of nitrogens with zero attached hydrogens (tertiary/aromatic N) is 2. The Morgan fingerprint density at radius 1 is 1.24 bits per heavy atom. The maximum absolute atomic E-state index is 5.83. The summed E-state index contributed by atoms with van der Waals surface area (Å²) >= 11 is 0. The van der Waals surface area contributed by atoms with Crippen molar-refractivity contribution in [3.63, 3.8) is 0 Å². The van der Waals surface area contributed by atoms with Gasteiger partial charge in [0.2, 0.25) is 11.8 Å². The Morgan fingerprint density at radius 3 is 2.59 bits per heavy atom. The first kappa shape index (κ1) is 13.5. The number of ether oxygens (including phenoxy) is 3. The quantitative estimate of drug-likeness (QED) is 0.724. The highest BCUT2D eigenvalue weighted by Gasteiger charge is 2.11. The predicted octanol–water partition coefficient (Wildman–Crippen LogP) is 1.26. The van der Waals surface area contributed by atoms with Gasteiger partial charge in [-0.2, -0.15) is 9.97 Å². The molecule has 1 rings (SSSR count). The zero-order valence-corrected chi connectivity index (χ0v) is 10.5. The Bertz CT molecular complexity index is 345. The van der Waals surface area contributed by atoms with Crippen LogP contribution >= 0.6 is 0 Å². The summed E-state index contributed by atoms with van der Waals surface area (Å²) in [6, 6.07) is 0. The fourth-order valence-corrected chi connectivity index (χ4v) is 1.14. The van der Waals surface area contributed by atoms with E-state index in [2.05, 4.69) is 9.97 Å². The summed E-state index contributed by atoms with van der Waals surface area (Å²) in [7, 11) is 0. The number of aromatic nitrogens is 2. The molecule has 0 atom stereocenters. The SMILES string of the molecule is CCOCCOc1ncnc(OC(C)C)c1N. The van der Waals surface area contributed by atoms with Crippen LogP contribution in [0, 0.1) is 0 Å². The van der Waals surface area contributed by atoms with Crippen LogP contribution in [0.15, 0.2) is 6.33 Å². The standard InChI is InChI=1S/C11H19N3O3/c1-4-15-5-6-16-10-9(12)11(14-7-13-10)17-8(2)3/h7-8H,4-6,12H2,1-3H3. The third kappa shape index (κ3) is 4.44. The Labute approximate surface area is 101 Å². The third-order valence-electron chi connectivity index (χ3n) is 1.83. The van der Waals surface area contributed by atoms with Gasteiger partial charge in [0.15, 0.2) is 5.69 Å². The maximum Gasteiger partial charge on any atom is 0.244 e. The first-order valence-corrected chi connectivity index (χ1v) is 5.62. The van der Waals surface area contributed by atoms with Crippen molar-refractivity contribution in [3.8, 4) is 11.8 Å². The van der Waals surface area contributed by atoms with Gasteiger partial charge in [0.1, 0.15) is 12.9 Å². The van der Waals surface area contributed by atoms with Gasteiger partial charge in [-0.15, -0.1) is 0 Å². The van der Waals surface area contributed by atoms with Gasteiger partial charge < -0.3 is 19.9 Å². The number of hydrogen-bond acceptors (Lipinski definition) is 6. The molecule has 0 bridgehead atoms. The normalized spacial score (nSPS) is 10.6. The molecule has 0 amide bonds. The van der Waals surface area contributed by atoms with Crippen LogP contribution in [-0.2, 0) is 4.74 Å². The second kappa shape index (κ2) is 6.90. The number of nitrogen functional groups attached to an aromatic ring is 1. The lowest BCUT2D eigenvalue weighted by Crippen LogP contribution is -2.12. The molecular formula is C11H19N3O3. The smallest absolute Gasteiger partial charge is 0.244 e. The molecule has 0 saturated heterocycles. The van der Waals surface area contributed by atoms with E-state index in [9.17, 15) is 0 Å². The summed E-state index contributed by atoms with van der Waals surface area (Å²) in [5.74, 6) is 0.678. The van der Waals surface area contributed by atoms with Crippen molar-refractivity contribution >= 4 is 5.69 Å². The maximum atomic E-state index is 5.83. The minimum atomic E-state index is 0.00322. The van der Waals surface area contributed by atoms with Crippen molar-refractivity contribution in [3.05, 3.63) is 6.33 Å². The van der Waals surface area contributed by atoms with E-state index in [4.69, 9.17) is 19.9 Å². The molecule has 6 heteroatoms. The summed E-state index contributed by atoms with van der Waals surface area (Å²) in [5.41, 5.74) is 6.15. The van der Waals surface area contributed by atoms with Crippen LogP contribution in [0.1, 0.15) is 20.8 Å². The highest BCUT2D eigenvalue weighted by atomic mass is 16.5. The molecule has 1 heterocycles. The number of nitrogens with two attached hydrogens (primary N) is 1. The molecule has 6 nitrogen and oxygen atoms in total. The van der Waals surface area contributed by atoms with Crippen LogP contribution in [0.3, 0.4) is 0 Å². The number of rotatable bonds is 7. The van der Waals surface area contributed by atoms with Crippen molar-refractivity contribution in [2.75, 3.05) is 25.6 Å². The van der Waals surface area contributed by atoms with E-state index in [0.29, 0.717) is 37.3 Å². The third-order valence-corrected chi connectivity index (χ3v) is 1.83. The number of hydrogen-bond donors (Lipinski definition) is 1. The molecule has 0 unspecified atom stereocenters. The van der Waals surface area contributed by atoms with Gasteiger partial charge in [0, 0.05) is 6.61 Å². The highest BCUT2D eigenvalue weighted by molar-refractivity contribution is 5.55. The van der Waals surface area contributed by atoms with E-state index < -0.39 is 0 Å². The van der Waals surface area contributed by atoms with E-state index in [1.54, 1.807) is 0 Å². The van der Waals surface area contributed by atoms with E-state index in [0.717, 1.165) is 0 Å². The Balaban J connectivity index is 2.59. The summed E-state index contributed by atoms with van der Waals surface area (Å²) in [6.45, 7) is 7.28. The zero-order valence-electron chi connectivity index (χ0n) is 10.5. The molecule has 0 spiro atoms. The van der Waals surface area contributed by atoms with Crippen LogP contribution in [0.25, 0.3) is 0 Å². The van der Waals surface area contributed by atoms with Crippen LogP contribution in [0.5, 0.6) is 11.8 Å². The average molecular weight is 241 g/mol. The summed E-state index contributed by atoms with van der Waals surface area (Å²) in [5, 5.41) is 0. The monoisotopic (exact) mass is 241 g/mol. The van der Waals surface area contributed by atoms with Gasteiger partial charge in [-0.25, -0.2) is 0 Å². The molecule has 2 N–H and O–H groups in total. The van der Waals surface area contributed by atoms with Gasteiger partial charge in [0.05, 0.1) is 12.7 Å². The van der Waals surface area contributed by atoms with Crippen LogP contribution in [-0.4, -0.2) is 35.9 Å². The zero-order chi connectivity index (χ0) is 12.7. The first-order valence-electron chi connectivity index (χ1n) is 5.62. The molecule has 0 fully saturated rings. The van der Waals surface area contributed by atoms with Gasteiger partial charge in [-0.05, 0) is 20.8 Å². The van der Waals surface area contributed by atoms with Gasteiger partial charge in [0.25, 0.3) is 0 Å². The second-order valence-electron chi connectivity index (χ2n) is 3.61. The lowest BCUT2D eigenvalue weighted by atomic mass is 10.4. The van der Waals surface area contributed by atoms with E-state index in [-0.39, 0.29) is 6.10 Å². The summed E-state index contributed by atoms with van der Waals surface area (Å²) in [4.78, 5) is 7.90. The number of anilines is 1. The van der Waals surface area contributed by atoms with E-state index >= 15 is 0 Å². The Kier molecular flexibility index (Phi) is 5.48. The topological polar surface area (TPSA) is 79.5 Å². The lowest BCUT2D eigenvalue weighted by Gasteiger charge is -2.13. The van der Waals surface area contributed by atoms with Crippen LogP contribution in [0.4, 0.5) is 5.69 Å². The predicted molar refractivity (Wildman–Crippen MR) is 64.2 cm³/mol. The average Bonchev–Trinajstić information content (AvgIpc) is 2.28. The van der Waals surface area contributed by atoms with E-state index in [1.165, 1.54) is 6.33 Å². The van der Waals surface area contributed by atoms with Gasteiger partial charge in [-0.1, -0.05) is 0 Å². The molecule has 0 saturated carbocycles. The molecular weight excluding hydrogens is 222 g/mol. The van der Waals surface area contributed by atoms with Crippen molar-refractivity contribution in [1.29, 1.82) is 0 Å². The van der Waals surface area contributed by atoms with Crippen molar-refractivity contribution in [2.24, 2.45) is 0 Å². The highest BCUT2D eigenvalue weighted by Crippen LogP contribution is 2.27. The van der Waals surface area contributed by atoms with Gasteiger partial charge >= 0.3 is 0 Å². The largest absolute Gasteiger partial charge is 0.474 e. The first-order chi connectivity index (χ1) is 8.15. The van der Waals surface area contributed by atoms with Crippen LogP contribution in [0.2, 0.25) is 0 Å². The van der Waals surface area contributed by atoms with Crippen LogP contribution < -0.4 is 15.2 Å². The molecule has 0 aromatic carbocycles. The molecule has 1 aromatic rings. The minimum absolute atomic E-state index is 0.00322. The van der Waals surface area contributed by atoms with Gasteiger partial charge in [-0.3, -0.25) is 0 Å². The molecule has 1 aromatic heterocycles.